The predicted octanol–water partition coefficient (Wildman–Crippen LogP) is 4.81. The van der Waals surface area contributed by atoms with Gasteiger partial charge in [-0.05, 0) is 0 Å². The maximum absolute atomic E-state index is 4.64. The normalized spacial score (nSPS) is 7.14. The molecule has 0 bridgehead atoms. The zero-order chi connectivity index (χ0) is 7.54. The molecule has 14 heavy (non-hydrogen) atoms. The quantitative estimate of drug-likeness (QED) is 0.309. The molecule has 0 nitrogen and oxygen atoms in total. The first-order valence-corrected chi connectivity index (χ1v) is 3.98. The van der Waals surface area contributed by atoms with Crippen LogP contribution in [0.15, 0.2) is 18.2 Å². The summed E-state index contributed by atoms with van der Waals surface area (Å²) in [6, 6.07) is 0. The van der Waals surface area contributed by atoms with Crippen LogP contribution in [0, 0.1) is 35.8 Å². The van der Waals surface area contributed by atoms with Crippen molar-refractivity contribution in [1.29, 1.82) is 0 Å². The number of hydrogen-bond acceptors (Lipinski definition) is 0. The van der Waals surface area contributed by atoms with Gasteiger partial charge in [0.15, 0.2) is 0 Å². The molecule has 1 aliphatic rings. The molecular formula is C11H23Cl2Hf-5. The molecule has 0 aromatic carbocycles. The van der Waals surface area contributed by atoms with Gasteiger partial charge < -0.3 is 29.7 Å². The van der Waals surface area contributed by atoms with Crippen LogP contribution in [0.1, 0.15) is 6.42 Å². The molecule has 0 atom stereocenters. The van der Waals surface area contributed by atoms with Gasteiger partial charge in [-0.3, -0.25) is 6.08 Å². The Morgan fingerprint density at radius 2 is 1.29 bits per heavy atom. The van der Waals surface area contributed by atoms with E-state index in [1.54, 1.807) is 0 Å². The van der Waals surface area contributed by atoms with E-state index in [0.29, 0.717) is 0 Å². The fraction of sp³-hybridized carbons (Fsp3) is 0.273. The smallest absolute Gasteiger partial charge is 0.0108 e. The molecule has 0 aromatic rings. The second kappa shape index (κ2) is 66.2. The van der Waals surface area contributed by atoms with Crippen molar-refractivity contribution in [1.82, 2.24) is 0 Å². The summed E-state index contributed by atoms with van der Waals surface area (Å²) >= 11 is 9.28. The molecule has 3 heteroatoms. The van der Waals surface area contributed by atoms with Crippen LogP contribution >= 0.6 is 23.2 Å². The Hall–Kier alpha value is 0.930. The Kier molecular flexibility index (Phi) is 218. The molecule has 0 aliphatic heterocycles. The Labute approximate surface area is 122 Å². The first kappa shape index (κ1) is 46.1. The van der Waals surface area contributed by atoms with Crippen LogP contribution in [0.5, 0.6) is 0 Å². The summed E-state index contributed by atoms with van der Waals surface area (Å²) in [5, 5.41) is 0. The molecule has 1 aliphatic carbocycles. The van der Waals surface area contributed by atoms with E-state index in [0.717, 1.165) is 6.42 Å². The van der Waals surface area contributed by atoms with E-state index in [1.807, 2.05) is 12.2 Å². The first-order chi connectivity index (χ1) is 4.50. The van der Waals surface area contributed by atoms with Crippen LogP contribution in [0.4, 0.5) is 0 Å². The van der Waals surface area contributed by atoms with Crippen LogP contribution in [0.2, 0.25) is 0 Å². The van der Waals surface area contributed by atoms with Crippen molar-refractivity contribution < 1.29 is 25.8 Å². The molecule has 0 saturated heterocycles. The number of rotatable bonds is 0. The van der Waals surface area contributed by atoms with Gasteiger partial charge in [-0.1, -0.05) is 0 Å². The van der Waals surface area contributed by atoms with Gasteiger partial charge in [-0.25, -0.2) is 12.2 Å². The minimum atomic E-state index is 0. The first-order valence-electron chi connectivity index (χ1n) is 2.47. The molecule has 0 radical (unpaired) electrons. The van der Waals surface area contributed by atoms with Gasteiger partial charge in [-0.2, -0.15) is 6.08 Å². The summed E-state index contributed by atoms with van der Waals surface area (Å²) < 4.78 is 0. The molecular weight excluding hydrogens is 382 g/mol. The third kappa shape index (κ3) is 52.3. The standard InChI is InChI=1S/C5H5.2CH3Cl.4CH3.Hf/c1-2-4-5-3-1;2*1-2;;;;;/h1-3H,4H2;2*1H3;4*1H3;/q-1;;;4*-1;. The number of allylic oxidation sites excluding steroid dienone is 4. The maximum atomic E-state index is 4.64. The van der Waals surface area contributed by atoms with Gasteiger partial charge in [0.2, 0.25) is 0 Å². The van der Waals surface area contributed by atoms with E-state index in [-0.39, 0.29) is 55.5 Å². The maximum Gasteiger partial charge on any atom is 0.0108 e. The summed E-state index contributed by atoms with van der Waals surface area (Å²) in [6.45, 7) is 0. The molecule has 1 rings (SSSR count). The molecule has 0 aromatic heterocycles. The summed E-state index contributed by atoms with van der Waals surface area (Å²) in [7, 11) is 0. The predicted molar refractivity (Wildman–Crippen MR) is 70.8 cm³/mol. The summed E-state index contributed by atoms with van der Waals surface area (Å²) in [5.74, 6) is 0. The van der Waals surface area contributed by atoms with Crippen molar-refractivity contribution in [2.45, 2.75) is 6.42 Å². The Morgan fingerprint density at radius 1 is 0.929 bits per heavy atom. The summed E-state index contributed by atoms with van der Waals surface area (Å²) in [5.41, 5.74) is 0. The van der Waals surface area contributed by atoms with Crippen molar-refractivity contribution in [2.75, 3.05) is 12.8 Å². The summed E-state index contributed by atoms with van der Waals surface area (Å²) in [4.78, 5) is 0. The zero-order valence-electron chi connectivity index (χ0n) is 10.2. The van der Waals surface area contributed by atoms with Gasteiger partial charge >= 0.3 is 0 Å². The fourth-order valence-electron chi connectivity index (χ4n) is 0.340. The van der Waals surface area contributed by atoms with E-state index in [2.05, 4.69) is 35.4 Å². The third-order valence-corrected chi connectivity index (χ3v) is 0.586. The molecule has 0 amide bonds. The molecule has 90 valence electrons. The van der Waals surface area contributed by atoms with E-state index in [9.17, 15) is 0 Å². The molecule has 0 saturated carbocycles. The minimum Gasteiger partial charge on any atom is -0.358 e. The number of hydrogen-bond donors (Lipinski definition) is 0. The molecule has 0 spiro atoms. The van der Waals surface area contributed by atoms with Gasteiger partial charge in [0.1, 0.15) is 0 Å². The van der Waals surface area contributed by atoms with Crippen LogP contribution < -0.4 is 0 Å². The topological polar surface area (TPSA) is 0 Å². The van der Waals surface area contributed by atoms with Crippen molar-refractivity contribution in [3.63, 3.8) is 0 Å². The average Bonchev–Trinajstić information content (AvgIpc) is 2.51. The summed E-state index contributed by atoms with van der Waals surface area (Å²) in [6.07, 6.45) is 12.9. The number of halogens is 2. The second-order valence-corrected chi connectivity index (χ2v) is 1.00. The Balaban J connectivity index is -0.0000000101. The van der Waals surface area contributed by atoms with Crippen LogP contribution in [0.25, 0.3) is 0 Å². The van der Waals surface area contributed by atoms with Gasteiger partial charge in [0.05, 0.1) is 0 Å². The fourth-order valence-corrected chi connectivity index (χ4v) is 0.340. The van der Waals surface area contributed by atoms with E-state index in [1.165, 1.54) is 12.8 Å². The van der Waals surface area contributed by atoms with Crippen molar-refractivity contribution in [3.05, 3.63) is 54.0 Å². The SMILES string of the molecule is CCl.CCl.[C-]1=CC=CC1.[CH3-].[CH3-].[CH3-].[CH3-].[Hf]. The molecule has 0 fully saturated rings. The molecule has 0 unspecified atom stereocenters. The monoisotopic (exact) mass is 405 g/mol. The molecule has 0 N–H and O–H groups in total. The third-order valence-electron chi connectivity index (χ3n) is 0.586. The van der Waals surface area contributed by atoms with E-state index < -0.39 is 0 Å². The minimum absolute atomic E-state index is 0. The number of alkyl halides is 2. The average molecular weight is 405 g/mol. The Morgan fingerprint density at radius 3 is 1.36 bits per heavy atom. The van der Waals surface area contributed by atoms with Crippen molar-refractivity contribution in [2.24, 2.45) is 0 Å². The van der Waals surface area contributed by atoms with Crippen LogP contribution in [-0.4, -0.2) is 12.8 Å². The van der Waals surface area contributed by atoms with Crippen LogP contribution in [0.3, 0.4) is 0 Å². The second-order valence-electron chi connectivity index (χ2n) is 1.00. The van der Waals surface area contributed by atoms with Gasteiger partial charge in [0, 0.05) is 38.6 Å². The van der Waals surface area contributed by atoms with E-state index in [4.69, 9.17) is 0 Å². The van der Waals surface area contributed by atoms with Crippen molar-refractivity contribution in [3.8, 4) is 0 Å². The zero-order valence-corrected chi connectivity index (χ0v) is 15.3. The van der Waals surface area contributed by atoms with Crippen molar-refractivity contribution >= 4 is 23.2 Å². The molecule has 0 heterocycles. The van der Waals surface area contributed by atoms with Gasteiger partial charge in [-0.15, -0.1) is 29.6 Å². The van der Waals surface area contributed by atoms with Crippen LogP contribution in [-0.2, 0) is 25.8 Å². The largest absolute Gasteiger partial charge is 0.358 e. The van der Waals surface area contributed by atoms with Gasteiger partial charge in [0.25, 0.3) is 0 Å². The Bertz CT molecular complexity index is 71.4. The van der Waals surface area contributed by atoms with E-state index >= 15 is 0 Å².